The Balaban J connectivity index is 1.84. The van der Waals surface area contributed by atoms with Crippen molar-refractivity contribution in [1.29, 1.82) is 0 Å². The zero-order chi connectivity index (χ0) is 12.5. The Hall–Kier alpha value is -1.55. The highest BCUT2D eigenvalue weighted by Gasteiger charge is 2.16. The molecule has 2 aromatic rings. The van der Waals surface area contributed by atoms with E-state index in [0.717, 1.165) is 43.2 Å². The summed E-state index contributed by atoms with van der Waals surface area (Å²) >= 11 is 0. The van der Waals surface area contributed by atoms with Crippen LogP contribution in [0.3, 0.4) is 0 Å². The third kappa shape index (κ3) is 2.08. The Morgan fingerprint density at radius 2 is 2.39 bits per heavy atom. The Kier molecular flexibility index (Phi) is 2.96. The summed E-state index contributed by atoms with van der Waals surface area (Å²) in [5.74, 6) is 1.77. The Morgan fingerprint density at radius 1 is 1.50 bits per heavy atom. The monoisotopic (exact) mass is 245 g/mol. The molecule has 1 aromatic heterocycles. The van der Waals surface area contributed by atoms with E-state index in [1.807, 2.05) is 12.1 Å². The largest absolute Gasteiger partial charge is 0.399 e. The van der Waals surface area contributed by atoms with E-state index in [1.165, 1.54) is 11.9 Å². The molecule has 2 N–H and O–H groups in total. The van der Waals surface area contributed by atoms with Crippen LogP contribution in [0.25, 0.3) is 11.0 Å². The van der Waals surface area contributed by atoms with Gasteiger partial charge in [0.2, 0.25) is 0 Å². The summed E-state index contributed by atoms with van der Waals surface area (Å²) in [6.07, 6.45) is 2.36. The first-order valence-electron chi connectivity index (χ1n) is 6.54. The highest BCUT2D eigenvalue weighted by Crippen LogP contribution is 2.22. The fourth-order valence-electron chi connectivity index (χ4n) is 2.67. The van der Waals surface area contributed by atoms with E-state index < -0.39 is 0 Å². The predicted molar refractivity (Wildman–Crippen MR) is 72.4 cm³/mol. The average Bonchev–Trinajstić information content (AvgIpc) is 2.93. The van der Waals surface area contributed by atoms with Gasteiger partial charge >= 0.3 is 0 Å². The first kappa shape index (κ1) is 11.5. The number of nitrogens with zero attached hydrogens (tertiary/aromatic N) is 2. The summed E-state index contributed by atoms with van der Waals surface area (Å²) in [5.41, 5.74) is 8.74. The second-order valence-electron chi connectivity index (χ2n) is 5.08. The van der Waals surface area contributed by atoms with Crippen LogP contribution in [0.5, 0.6) is 0 Å². The van der Waals surface area contributed by atoms with Gasteiger partial charge in [0.25, 0.3) is 0 Å². The van der Waals surface area contributed by atoms with Crippen molar-refractivity contribution < 1.29 is 4.74 Å². The molecule has 0 bridgehead atoms. The lowest BCUT2D eigenvalue weighted by molar-refractivity contribution is 0.183. The number of imidazole rings is 1. The van der Waals surface area contributed by atoms with Gasteiger partial charge in [-0.2, -0.15) is 0 Å². The van der Waals surface area contributed by atoms with Gasteiger partial charge in [0.15, 0.2) is 0 Å². The molecule has 4 heteroatoms. The fourth-order valence-corrected chi connectivity index (χ4v) is 2.67. The van der Waals surface area contributed by atoms with Crippen LogP contribution in [0.4, 0.5) is 5.69 Å². The lowest BCUT2D eigenvalue weighted by Gasteiger charge is -2.10. The zero-order valence-electron chi connectivity index (χ0n) is 10.7. The second kappa shape index (κ2) is 4.61. The van der Waals surface area contributed by atoms with Crippen molar-refractivity contribution in [2.75, 3.05) is 18.9 Å². The second-order valence-corrected chi connectivity index (χ2v) is 5.08. The van der Waals surface area contributed by atoms with Crippen LogP contribution in [-0.4, -0.2) is 22.8 Å². The third-order valence-electron chi connectivity index (χ3n) is 3.75. The molecule has 2 heterocycles. The molecule has 96 valence electrons. The molecule has 4 nitrogen and oxygen atoms in total. The smallest absolute Gasteiger partial charge is 0.106 e. The van der Waals surface area contributed by atoms with Gasteiger partial charge in [-0.3, -0.25) is 0 Å². The van der Waals surface area contributed by atoms with E-state index >= 15 is 0 Å². The predicted octanol–water partition coefficient (Wildman–Crippen LogP) is 2.35. The Morgan fingerprint density at radius 3 is 3.17 bits per heavy atom. The molecule has 0 spiro atoms. The number of hydrogen-bond acceptors (Lipinski definition) is 3. The van der Waals surface area contributed by atoms with E-state index in [4.69, 9.17) is 10.5 Å². The molecule has 3 rings (SSSR count). The van der Waals surface area contributed by atoms with Gasteiger partial charge < -0.3 is 15.0 Å². The summed E-state index contributed by atoms with van der Waals surface area (Å²) in [7, 11) is 0. The number of fused-ring (bicyclic) bond motifs is 1. The van der Waals surface area contributed by atoms with Gasteiger partial charge in [-0.15, -0.1) is 0 Å². The maximum atomic E-state index is 5.79. The minimum Gasteiger partial charge on any atom is -0.399 e. The van der Waals surface area contributed by atoms with Crippen molar-refractivity contribution in [3.8, 4) is 0 Å². The van der Waals surface area contributed by atoms with Crippen LogP contribution in [0, 0.1) is 12.8 Å². The molecule has 0 aliphatic carbocycles. The highest BCUT2D eigenvalue weighted by atomic mass is 16.5. The number of aromatic nitrogens is 2. The summed E-state index contributed by atoms with van der Waals surface area (Å²) in [6.45, 7) is 4.91. The number of nitrogen functional groups attached to an aromatic ring is 1. The SMILES string of the molecule is Cc1nc2cc(N)ccc2n1CCC1CCOC1. The van der Waals surface area contributed by atoms with Gasteiger partial charge in [-0.1, -0.05) is 0 Å². The normalized spacial score (nSPS) is 19.7. The molecule has 18 heavy (non-hydrogen) atoms. The Bertz CT molecular complexity index is 555. The molecule has 1 unspecified atom stereocenters. The van der Waals surface area contributed by atoms with E-state index in [2.05, 4.69) is 22.5 Å². The molecule has 1 fully saturated rings. The summed E-state index contributed by atoms with van der Waals surface area (Å²) in [4.78, 5) is 4.57. The van der Waals surface area contributed by atoms with Crippen molar-refractivity contribution >= 4 is 16.7 Å². The number of hydrogen-bond donors (Lipinski definition) is 1. The average molecular weight is 245 g/mol. The third-order valence-corrected chi connectivity index (χ3v) is 3.75. The number of aryl methyl sites for hydroxylation is 2. The van der Waals surface area contributed by atoms with Crippen molar-refractivity contribution in [3.63, 3.8) is 0 Å². The van der Waals surface area contributed by atoms with E-state index in [0.29, 0.717) is 5.92 Å². The van der Waals surface area contributed by atoms with E-state index in [1.54, 1.807) is 0 Å². The van der Waals surface area contributed by atoms with Crippen LogP contribution in [0.2, 0.25) is 0 Å². The molecular weight excluding hydrogens is 226 g/mol. The number of nitrogens with two attached hydrogens (primary N) is 1. The molecule has 1 aromatic carbocycles. The Labute approximate surface area is 107 Å². The quantitative estimate of drug-likeness (QED) is 0.844. The van der Waals surface area contributed by atoms with E-state index in [9.17, 15) is 0 Å². The number of benzene rings is 1. The van der Waals surface area contributed by atoms with Crippen LogP contribution < -0.4 is 5.73 Å². The summed E-state index contributed by atoms with van der Waals surface area (Å²) < 4.78 is 7.70. The first-order chi connectivity index (χ1) is 8.74. The highest BCUT2D eigenvalue weighted by molar-refractivity contribution is 5.79. The van der Waals surface area contributed by atoms with Crippen molar-refractivity contribution in [2.24, 2.45) is 5.92 Å². The molecule has 0 amide bonds. The van der Waals surface area contributed by atoms with Crippen molar-refractivity contribution in [2.45, 2.75) is 26.3 Å². The lowest BCUT2D eigenvalue weighted by atomic mass is 10.1. The van der Waals surface area contributed by atoms with Crippen LogP contribution >= 0.6 is 0 Å². The van der Waals surface area contributed by atoms with Gasteiger partial charge in [0, 0.05) is 25.4 Å². The topological polar surface area (TPSA) is 53.1 Å². The fraction of sp³-hybridized carbons (Fsp3) is 0.500. The molecule has 1 aliphatic heterocycles. The zero-order valence-corrected chi connectivity index (χ0v) is 10.7. The van der Waals surface area contributed by atoms with Crippen molar-refractivity contribution in [3.05, 3.63) is 24.0 Å². The van der Waals surface area contributed by atoms with Crippen LogP contribution in [0.1, 0.15) is 18.7 Å². The van der Waals surface area contributed by atoms with Crippen molar-refractivity contribution in [1.82, 2.24) is 9.55 Å². The van der Waals surface area contributed by atoms with Gasteiger partial charge in [-0.25, -0.2) is 4.98 Å². The standard InChI is InChI=1S/C14H19N3O/c1-10-16-13-8-12(15)2-3-14(13)17(10)6-4-11-5-7-18-9-11/h2-3,8,11H,4-7,9,15H2,1H3. The summed E-state index contributed by atoms with van der Waals surface area (Å²) in [6, 6.07) is 5.95. The molecular formula is C14H19N3O. The first-order valence-corrected chi connectivity index (χ1v) is 6.54. The number of anilines is 1. The molecule has 1 saturated heterocycles. The molecule has 0 radical (unpaired) electrons. The summed E-state index contributed by atoms with van der Waals surface area (Å²) in [5, 5.41) is 0. The number of rotatable bonds is 3. The maximum absolute atomic E-state index is 5.79. The molecule has 1 aliphatic rings. The van der Waals surface area contributed by atoms with Gasteiger partial charge in [-0.05, 0) is 43.9 Å². The van der Waals surface area contributed by atoms with Crippen LogP contribution in [0.15, 0.2) is 18.2 Å². The van der Waals surface area contributed by atoms with E-state index in [-0.39, 0.29) is 0 Å². The maximum Gasteiger partial charge on any atom is 0.106 e. The minimum atomic E-state index is 0.704. The molecule has 0 saturated carbocycles. The van der Waals surface area contributed by atoms with Gasteiger partial charge in [0.05, 0.1) is 11.0 Å². The minimum absolute atomic E-state index is 0.704. The van der Waals surface area contributed by atoms with Gasteiger partial charge in [0.1, 0.15) is 5.82 Å². The molecule has 1 atom stereocenters. The lowest BCUT2D eigenvalue weighted by Crippen LogP contribution is -2.07. The number of ether oxygens (including phenoxy) is 1. The van der Waals surface area contributed by atoms with Crippen LogP contribution in [-0.2, 0) is 11.3 Å².